The molecular formula is C9H15BrO3. The summed E-state index contributed by atoms with van der Waals surface area (Å²) in [5.74, 6) is -1.24. The molecule has 0 amide bonds. The molecule has 1 atom stereocenters. The van der Waals surface area contributed by atoms with E-state index < -0.39 is 11.4 Å². The lowest BCUT2D eigenvalue weighted by atomic mass is 9.77. The van der Waals surface area contributed by atoms with Crippen LogP contribution in [0.1, 0.15) is 33.1 Å². The van der Waals surface area contributed by atoms with E-state index >= 15 is 0 Å². The number of alkyl halides is 1. The zero-order valence-electron chi connectivity index (χ0n) is 7.97. The lowest BCUT2D eigenvalue weighted by molar-refractivity contribution is -0.155. The zero-order valence-corrected chi connectivity index (χ0v) is 9.56. The van der Waals surface area contributed by atoms with Crippen molar-refractivity contribution in [2.24, 2.45) is 5.41 Å². The summed E-state index contributed by atoms with van der Waals surface area (Å²) in [4.78, 5) is 22.2. The van der Waals surface area contributed by atoms with Crippen molar-refractivity contribution in [1.29, 1.82) is 0 Å². The molecule has 0 aromatic rings. The molecule has 0 bridgehead atoms. The SMILES string of the molecule is CCC(CCCBr)(C(C)=O)C(=O)O. The first-order chi connectivity index (χ1) is 6.01. The monoisotopic (exact) mass is 250 g/mol. The van der Waals surface area contributed by atoms with Crippen molar-refractivity contribution in [3.05, 3.63) is 0 Å². The normalized spacial score (nSPS) is 15.0. The average Bonchev–Trinajstić information content (AvgIpc) is 2.05. The van der Waals surface area contributed by atoms with Crippen LogP contribution in [0.25, 0.3) is 0 Å². The van der Waals surface area contributed by atoms with E-state index in [1.54, 1.807) is 6.92 Å². The van der Waals surface area contributed by atoms with Crippen molar-refractivity contribution in [2.75, 3.05) is 5.33 Å². The minimum Gasteiger partial charge on any atom is -0.480 e. The van der Waals surface area contributed by atoms with Crippen LogP contribution in [-0.2, 0) is 9.59 Å². The molecule has 76 valence electrons. The zero-order chi connectivity index (χ0) is 10.5. The maximum Gasteiger partial charge on any atom is 0.317 e. The molecule has 1 N–H and O–H groups in total. The molecule has 0 aliphatic heterocycles. The van der Waals surface area contributed by atoms with Gasteiger partial charge in [-0.2, -0.15) is 0 Å². The standard InChI is InChI=1S/C9H15BrO3/c1-3-9(7(2)11,8(12)13)5-4-6-10/h3-6H2,1-2H3,(H,12,13). The molecule has 0 aliphatic rings. The van der Waals surface area contributed by atoms with Gasteiger partial charge in [0, 0.05) is 5.33 Å². The number of carboxylic acids is 1. The van der Waals surface area contributed by atoms with Crippen LogP contribution in [0.2, 0.25) is 0 Å². The van der Waals surface area contributed by atoms with Gasteiger partial charge in [0.25, 0.3) is 0 Å². The number of rotatable bonds is 6. The average molecular weight is 251 g/mol. The Kier molecular flexibility index (Phi) is 5.21. The summed E-state index contributed by atoms with van der Waals surface area (Å²) in [6, 6.07) is 0. The van der Waals surface area contributed by atoms with Gasteiger partial charge in [0.1, 0.15) is 11.2 Å². The van der Waals surface area contributed by atoms with E-state index in [-0.39, 0.29) is 5.78 Å². The molecule has 0 radical (unpaired) electrons. The van der Waals surface area contributed by atoms with Crippen molar-refractivity contribution in [2.45, 2.75) is 33.1 Å². The fourth-order valence-corrected chi connectivity index (χ4v) is 1.66. The molecule has 0 aliphatic carbocycles. The largest absolute Gasteiger partial charge is 0.480 e. The molecule has 0 aromatic carbocycles. The van der Waals surface area contributed by atoms with Gasteiger partial charge in [0.15, 0.2) is 0 Å². The van der Waals surface area contributed by atoms with Gasteiger partial charge in [0.2, 0.25) is 0 Å². The third kappa shape index (κ3) is 2.79. The number of carbonyl (C=O) groups excluding carboxylic acids is 1. The molecule has 0 heterocycles. The van der Waals surface area contributed by atoms with Gasteiger partial charge in [-0.25, -0.2) is 0 Å². The van der Waals surface area contributed by atoms with E-state index in [1.165, 1.54) is 6.92 Å². The Balaban J connectivity index is 4.66. The van der Waals surface area contributed by atoms with Crippen molar-refractivity contribution in [1.82, 2.24) is 0 Å². The van der Waals surface area contributed by atoms with E-state index in [1.807, 2.05) is 0 Å². The Hall–Kier alpha value is -0.380. The molecule has 0 rings (SSSR count). The van der Waals surface area contributed by atoms with E-state index in [9.17, 15) is 9.59 Å². The minimum atomic E-state index is -1.16. The second kappa shape index (κ2) is 5.37. The van der Waals surface area contributed by atoms with Crippen LogP contribution in [0.3, 0.4) is 0 Å². The highest BCUT2D eigenvalue weighted by atomic mass is 79.9. The number of carbonyl (C=O) groups is 2. The topological polar surface area (TPSA) is 54.4 Å². The van der Waals surface area contributed by atoms with Crippen LogP contribution >= 0.6 is 15.9 Å². The summed E-state index contributed by atoms with van der Waals surface area (Å²) in [6.45, 7) is 3.09. The quantitative estimate of drug-likeness (QED) is 0.581. The van der Waals surface area contributed by atoms with Crippen LogP contribution < -0.4 is 0 Å². The molecule has 1 unspecified atom stereocenters. The van der Waals surface area contributed by atoms with E-state index in [2.05, 4.69) is 15.9 Å². The summed E-state index contributed by atoms with van der Waals surface area (Å²) in [6.07, 6.45) is 1.49. The molecule has 0 saturated carbocycles. The Bertz CT molecular complexity index is 187. The molecule has 3 nitrogen and oxygen atoms in total. The lowest BCUT2D eigenvalue weighted by Gasteiger charge is -2.24. The van der Waals surface area contributed by atoms with E-state index in [0.29, 0.717) is 19.3 Å². The van der Waals surface area contributed by atoms with Crippen LogP contribution in [0.5, 0.6) is 0 Å². The van der Waals surface area contributed by atoms with Gasteiger partial charge >= 0.3 is 5.97 Å². The number of hydrogen-bond acceptors (Lipinski definition) is 2. The van der Waals surface area contributed by atoms with Crippen LogP contribution in [-0.4, -0.2) is 22.2 Å². The highest BCUT2D eigenvalue weighted by molar-refractivity contribution is 9.09. The van der Waals surface area contributed by atoms with Gasteiger partial charge < -0.3 is 5.11 Å². The smallest absolute Gasteiger partial charge is 0.317 e. The summed E-state index contributed by atoms with van der Waals surface area (Å²) in [7, 11) is 0. The third-order valence-electron chi connectivity index (χ3n) is 2.42. The maximum absolute atomic E-state index is 11.2. The van der Waals surface area contributed by atoms with Crippen LogP contribution in [0.4, 0.5) is 0 Å². The fourth-order valence-electron chi connectivity index (χ4n) is 1.38. The first-order valence-electron chi connectivity index (χ1n) is 4.31. The lowest BCUT2D eigenvalue weighted by Crippen LogP contribution is -2.37. The van der Waals surface area contributed by atoms with E-state index in [0.717, 1.165) is 5.33 Å². The highest BCUT2D eigenvalue weighted by Crippen LogP contribution is 2.30. The Labute approximate surface area is 86.6 Å². The second-order valence-electron chi connectivity index (χ2n) is 3.09. The number of ketones is 1. The van der Waals surface area contributed by atoms with Gasteiger partial charge in [-0.15, -0.1) is 0 Å². The summed E-state index contributed by atoms with van der Waals surface area (Å²) >= 11 is 3.23. The van der Waals surface area contributed by atoms with Crippen molar-refractivity contribution >= 4 is 27.7 Å². The van der Waals surface area contributed by atoms with Gasteiger partial charge in [-0.1, -0.05) is 22.9 Å². The highest BCUT2D eigenvalue weighted by Gasteiger charge is 2.40. The first kappa shape index (κ1) is 12.6. The van der Waals surface area contributed by atoms with Crippen molar-refractivity contribution < 1.29 is 14.7 Å². The molecule has 0 aromatic heterocycles. The van der Waals surface area contributed by atoms with Crippen molar-refractivity contribution in [3.63, 3.8) is 0 Å². The predicted molar refractivity (Wildman–Crippen MR) is 54.1 cm³/mol. The third-order valence-corrected chi connectivity index (χ3v) is 2.98. The predicted octanol–water partition coefficient (Wildman–Crippen LogP) is 2.23. The molecule has 0 fully saturated rings. The minimum absolute atomic E-state index is 0.247. The molecule has 0 spiro atoms. The van der Waals surface area contributed by atoms with Gasteiger partial charge in [-0.05, 0) is 26.2 Å². The van der Waals surface area contributed by atoms with E-state index in [4.69, 9.17) is 5.11 Å². The second-order valence-corrected chi connectivity index (χ2v) is 3.88. The summed E-state index contributed by atoms with van der Waals surface area (Å²) in [5.41, 5.74) is -1.16. The number of hydrogen-bond donors (Lipinski definition) is 1. The first-order valence-corrected chi connectivity index (χ1v) is 5.43. The Morgan fingerprint density at radius 3 is 2.23 bits per heavy atom. The van der Waals surface area contributed by atoms with Gasteiger partial charge in [0.05, 0.1) is 0 Å². The number of Topliss-reactive ketones (excluding diaryl/α,β-unsaturated/α-hetero) is 1. The van der Waals surface area contributed by atoms with Gasteiger partial charge in [-0.3, -0.25) is 9.59 Å². The molecule has 4 heteroatoms. The Morgan fingerprint density at radius 2 is 2.00 bits per heavy atom. The summed E-state index contributed by atoms with van der Waals surface area (Å²) < 4.78 is 0. The Morgan fingerprint density at radius 1 is 1.46 bits per heavy atom. The molecule has 0 saturated heterocycles. The van der Waals surface area contributed by atoms with Crippen molar-refractivity contribution in [3.8, 4) is 0 Å². The van der Waals surface area contributed by atoms with Crippen LogP contribution in [0.15, 0.2) is 0 Å². The number of halogens is 1. The van der Waals surface area contributed by atoms with Crippen LogP contribution in [0, 0.1) is 5.41 Å². The number of aliphatic carboxylic acids is 1. The summed E-state index contributed by atoms with van der Waals surface area (Å²) in [5, 5.41) is 9.72. The maximum atomic E-state index is 11.2. The number of carboxylic acid groups (broad SMARTS) is 1. The molecule has 13 heavy (non-hydrogen) atoms. The fraction of sp³-hybridized carbons (Fsp3) is 0.778. The molecular weight excluding hydrogens is 236 g/mol.